The molecule has 0 fully saturated rings. The Labute approximate surface area is 168 Å². The van der Waals surface area contributed by atoms with Crippen molar-refractivity contribution in [2.45, 2.75) is 40.2 Å². The largest absolute Gasteiger partial charge is 0.483 e. The fraction of sp³-hybridized carbons (Fsp3) is 0.333. The van der Waals surface area contributed by atoms with Crippen LogP contribution in [0.1, 0.15) is 41.8 Å². The number of halogens is 1. The molecule has 0 aromatic heterocycles. The molecule has 27 heavy (non-hydrogen) atoms. The van der Waals surface area contributed by atoms with Gasteiger partial charge >= 0.3 is 0 Å². The second kappa shape index (κ2) is 9.55. The molecule has 1 unspecified atom stereocenters. The summed E-state index contributed by atoms with van der Waals surface area (Å²) in [6, 6.07) is 10.9. The van der Waals surface area contributed by atoms with Gasteiger partial charge < -0.3 is 15.4 Å². The van der Waals surface area contributed by atoms with E-state index in [1.807, 2.05) is 39.8 Å². The van der Waals surface area contributed by atoms with E-state index in [2.05, 4.69) is 26.6 Å². The van der Waals surface area contributed by atoms with Gasteiger partial charge in [0.05, 0.1) is 0 Å². The van der Waals surface area contributed by atoms with Gasteiger partial charge in [-0.25, -0.2) is 0 Å². The number of amides is 2. The number of aryl methyl sites for hydroxylation is 2. The summed E-state index contributed by atoms with van der Waals surface area (Å²) in [4.78, 5) is 24.4. The van der Waals surface area contributed by atoms with Crippen LogP contribution in [0.15, 0.2) is 40.9 Å². The Bertz CT molecular complexity index is 813. The molecule has 1 atom stereocenters. The number of hydrogen-bond acceptors (Lipinski definition) is 3. The van der Waals surface area contributed by atoms with Crippen LogP contribution >= 0.6 is 15.9 Å². The van der Waals surface area contributed by atoms with E-state index in [0.717, 1.165) is 22.0 Å². The van der Waals surface area contributed by atoms with Gasteiger partial charge in [0.1, 0.15) is 5.75 Å². The van der Waals surface area contributed by atoms with E-state index in [-0.39, 0.29) is 24.5 Å². The van der Waals surface area contributed by atoms with E-state index < -0.39 is 0 Å². The molecule has 6 heteroatoms. The van der Waals surface area contributed by atoms with Gasteiger partial charge in [0, 0.05) is 21.8 Å². The Morgan fingerprint density at radius 2 is 1.81 bits per heavy atom. The van der Waals surface area contributed by atoms with E-state index in [4.69, 9.17) is 4.74 Å². The van der Waals surface area contributed by atoms with Gasteiger partial charge in [-0.3, -0.25) is 9.59 Å². The highest BCUT2D eigenvalue weighted by molar-refractivity contribution is 9.10. The zero-order valence-electron chi connectivity index (χ0n) is 16.1. The summed E-state index contributed by atoms with van der Waals surface area (Å²) in [5.41, 5.74) is 2.98. The summed E-state index contributed by atoms with van der Waals surface area (Å²) in [5, 5.41) is 5.68. The van der Waals surface area contributed by atoms with Crippen LogP contribution < -0.4 is 15.4 Å². The van der Waals surface area contributed by atoms with Crippen LogP contribution in [0.2, 0.25) is 0 Å². The number of rotatable bonds is 7. The number of benzene rings is 2. The molecule has 2 aromatic rings. The molecule has 2 N–H and O–H groups in total. The number of carbonyl (C=O) groups is 2. The first-order valence-corrected chi connectivity index (χ1v) is 9.69. The number of hydrogen-bond donors (Lipinski definition) is 2. The normalized spacial score (nSPS) is 11.6. The summed E-state index contributed by atoms with van der Waals surface area (Å²) < 4.78 is 6.66. The van der Waals surface area contributed by atoms with E-state index in [9.17, 15) is 9.59 Å². The zero-order valence-corrected chi connectivity index (χ0v) is 17.6. The van der Waals surface area contributed by atoms with E-state index >= 15 is 0 Å². The number of carbonyl (C=O) groups excluding carboxylic acids is 2. The van der Waals surface area contributed by atoms with Crippen molar-refractivity contribution < 1.29 is 14.3 Å². The third-order valence-electron chi connectivity index (χ3n) is 4.17. The average Bonchev–Trinajstić information content (AvgIpc) is 2.60. The predicted molar refractivity (Wildman–Crippen MR) is 111 cm³/mol. The van der Waals surface area contributed by atoms with Crippen molar-refractivity contribution in [2.75, 3.05) is 11.9 Å². The minimum atomic E-state index is -0.281. The predicted octanol–water partition coefficient (Wildman–Crippen LogP) is 4.61. The summed E-state index contributed by atoms with van der Waals surface area (Å²) in [7, 11) is 0. The molecule has 0 spiro atoms. The Hall–Kier alpha value is -2.34. The van der Waals surface area contributed by atoms with Crippen LogP contribution in [0.5, 0.6) is 5.75 Å². The average molecular weight is 433 g/mol. The fourth-order valence-electron chi connectivity index (χ4n) is 2.61. The van der Waals surface area contributed by atoms with Gasteiger partial charge in [-0.1, -0.05) is 28.9 Å². The summed E-state index contributed by atoms with van der Waals surface area (Å²) in [6.07, 6.45) is 0.856. The summed E-state index contributed by atoms with van der Waals surface area (Å²) in [5.74, 6) is 0.268. The molecular formula is C21H25BrN2O3. The molecular weight excluding hydrogens is 408 g/mol. The van der Waals surface area contributed by atoms with Crippen molar-refractivity contribution in [2.24, 2.45) is 0 Å². The van der Waals surface area contributed by atoms with Crippen molar-refractivity contribution in [1.29, 1.82) is 0 Å². The maximum atomic E-state index is 12.2. The van der Waals surface area contributed by atoms with Crippen molar-refractivity contribution in [1.82, 2.24) is 5.32 Å². The Kier molecular flexibility index (Phi) is 7.42. The van der Waals surface area contributed by atoms with Crippen molar-refractivity contribution >= 4 is 33.4 Å². The van der Waals surface area contributed by atoms with Crippen LogP contribution in [-0.4, -0.2) is 24.5 Å². The third kappa shape index (κ3) is 6.10. The first kappa shape index (κ1) is 21.0. The minimum absolute atomic E-state index is 0.0986. The SMILES string of the molecule is CCC(C)NC(=O)c1cccc(NC(=O)COc2c(C)cc(Br)cc2C)c1. The molecule has 0 aliphatic rings. The summed E-state index contributed by atoms with van der Waals surface area (Å²) >= 11 is 3.44. The van der Waals surface area contributed by atoms with Crippen molar-refractivity contribution in [3.8, 4) is 5.75 Å². The second-order valence-corrected chi connectivity index (χ2v) is 7.48. The molecule has 2 rings (SSSR count). The molecule has 0 heterocycles. The maximum Gasteiger partial charge on any atom is 0.262 e. The highest BCUT2D eigenvalue weighted by atomic mass is 79.9. The number of ether oxygens (including phenoxy) is 1. The Morgan fingerprint density at radius 3 is 2.44 bits per heavy atom. The molecule has 0 aliphatic heterocycles. The third-order valence-corrected chi connectivity index (χ3v) is 4.63. The lowest BCUT2D eigenvalue weighted by Crippen LogP contribution is -2.32. The highest BCUT2D eigenvalue weighted by Gasteiger charge is 2.12. The zero-order chi connectivity index (χ0) is 20.0. The molecule has 5 nitrogen and oxygen atoms in total. The lowest BCUT2D eigenvalue weighted by atomic mass is 10.1. The topological polar surface area (TPSA) is 67.4 Å². The van der Waals surface area contributed by atoms with Gasteiger partial charge in [-0.05, 0) is 68.7 Å². The molecule has 2 amide bonds. The molecule has 2 aromatic carbocycles. The maximum absolute atomic E-state index is 12.2. The minimum Gasteiger partial charge on any atom is -0.483 e. The van der Waals surface area contributed by atoms with Gasteiger partial charge in [0.15, 0.2) is 6.61 Å². The van der Waals surface area contributed by atoms with Crippen LogP contribution in [0.4, 0.5) is 5.69 Å². The second-order valence-electron chi connectivity index (χ2n) is 6.57. The van der Waals surface area contributed by atoms with Crippen LogP contribution in [0.3, 0.4) is 0 Å². The monoisotopic (exact) mass is 432 g/mol. The van der Waals surface area contributed by atoms with Crippen LogP contribution in [0.25, 0.3) is 0 Å². The molecule has 0 saturated carbocycles. The highest BCUT2D eigenvalue weighted by Crippen LogP contribution is 2.27. The number of anilines is 1. The molecule has 0 aliphatic carbocycles. The van der Waals surface area contributed by atoms with Crippen LogP contribution in [0, 0.1) is 13.8 Å². The first-order valence-electron chi connectivity index (χ1n) is 8.90. The van der Waals surface area contributed by atoms with Crippen LogP contribution in [-0.2, 0) is 4.79 Å². The van der Waals surface area contributed by atoms with Gasteiger partial charge in [-0.15, -0.1) is 0 Å². The number of nitrogens with one attached hydrogen (secondary N) is 2. The summed E-state index contributed by atoms with van der Waals surface area (Å²) in [6.45, 7) is 7.73. The lowest BCUT2D eigenvalue weighted by Gasteiger charge is -2.14. The van der Waals surface area contributed by atoms with Crippen molar-refractivity contribution in [3.05, 3.63) is 57.6 Å². The van der Waals surface area contributed by atoms with Crippen molar-refractivity contribution in [3.63, 3.8) is 0 Å². The van der Waals surface area contributed by atoms with E-state index in [0.29, 0.717) is 17.0 Å². The fourth-order valence-corrected chi connectivity index (χ4v) is 3.29. The molecule has 144 valence electrons. The van der Waals surface area contributed by atoms with E-state index in [1.165, 1.54) is 0 Å². The van der Waals surface area contributed by atoms with E-state index in [1.54, 1.807) is 24.3 Å². The Morgan fingerprint density at radius 1 is 1.15 bits per heavy atom. The molecule has 0 radical (unpaired) electrons. The molecule has 0 bridgehead atoms. The standard InChI is InChI=1S/C21H25BrN2O3/c1-5-15(4)23-21(26)16-7-6-8-18(11-16)24-19(25)12-27-20-13(2)9-17(22)10-14(20)3/h6-11,15H,5,12H2,1-4H3,(H,23,26)(H,24,25). The van der Waals surface area contributed by atoms with Gasteiger partial charge in [-0.2, -0.15) is 0 Å². The smallest absolute Gasteiger partial charge is 0.262 e. The quantitative estimate of drug-likeness (QED) is 0.670. The van der Waals surface area contributed by atoms with Gasteiger partial charge in [0.25, 0.3) is 11.8 Å². The Balaban J connectivity index is 1.98. The lowest BCUT2D eigenvalue weighted by molar-refractivity contribution is -0.118. The first-order chi connectivity index (χ1) is 12.8. The van der Waals surface area contributed by atoms with Gasteiger partial charge in [0.2, 0.25) is 0 Å². The molecule has 0 saturated heterocycles.